The molecule has 3 heterocycles. The van der Waals surface area contributed by atoms with Crippen molar-refractivity contribution in [1.82, 2.24) is 5.32 Å². The highest BCUT2D eigenvalue weighted by Crippen LogP contribution is 2.57. The van der Waals surface area contributed by atoms with E-state index in [1.54, 1.807) is 21.3 Å². The predicted octanol–water partition coefficient (Wildman–Crippen LogP) is 7.49. The lowest BCUT2D eigenvalue weighted by atomic mass is 9.51. The van der Waals surface area contributed by atoms with E-state index in [0.29, 0.717) is 31.2 Å². The molecular formula is C58H69F2NO13. The number of methoxy groups -OCH3 is 3. The molecule has 6 fully saturated rings. The summed E-state index contributed by atoms with van der Waals surface area (Å²) >= 11 is 0. The number of rotatable bonds is 20. The van der Waals surface area contributed by atoms with Gasteiger partial charge in [0, 0.05) is 33.3 Å². The number of hydrogen-bond acceptors (Lipinski definition) is 13. The quantitative estimate of drug-likeness (QED) is 0.0874. The molecule has 1 amide bonds. The number of carbonyl (C=O) groups is 2. The minimum atomic E-state index is -4.25. The van der Waals surface area contributed by atoms with Crippen LogP contribution < -0.4 is 5.32 Å². The Labute approximate surface area is 431 Å². The summed E-state index contributed by atoms with van der Waals surface area (Å²) in [5.41, 5.74) is 3.22. The molecule has 3 aliphatic heterocycles. The van der Waals surface area contributed by atoms with E-state index in [2.05, 4.69) is 5.32 Å². The van der Waals surface area contributed by atoms with Crippen molar-refractivity contribution in [1.29, 1.82) is 0 Å². The lowest BCUT2D eigenvalue weighted by Crippen LogP contribution is -2.69. The second-order valence-electron chi connectivity index (χ2n) is 20.7. The van der Waals surface area contributed by atoms with Crippen LogP contribution in [0.15, 0.2) is 121 Å². The number of ether oxygens (including phenoxy) is 11. The number of halogens is 2. The van der Waals surface area contributed by atoms with Crippen molar-refractivity contribution >= 4 is 11.9 Å². The van der Waals surface area contributed by atoms with Crippen molar-refractivity contribution in [2.24, 2.45) is 35.5 Å². The molecule has 3 aliphatic carbocycles. The lowest BCUT2D eigenvalue weighted by molar-refractivity contribution is -0.304. The van der Waals surface area contributed by atoms with Crippen LogP contribution in [0.5, 0.6) is 0 Å². The highest BCUT2D eigenvalue weighted by atomic mass is 19.3. The second kappa shape index (κ2) is 24.1. The maximum absolute atomic E-state index is 18.2. The number of fused-ring (bicyclic) bond motifs is 3. The van der Waals surface area contributed by atoms with E-state index in [1.807, 2.05) is 121 Å². The SMILES string of the molecule is COC1CC([C@@H]2C3CC4OCOC4CC3[C@@H](NC(=O)C(F)(F)[C@H]3O[C@H](COCc4ccccc4)[C@@H](OCc4ccccc4)[C@H](OCc4ccccc4)[C@H]3OCc3ccccc3)C3COC(=O)[C@@H]32)CC(OC)C1OC. The molecule has 3 saturated carbocycles. The molecule has 0 spiro atoms. The highest BCUT2D eigenvalue weighted by molar-refractivity contribution is 5.85. The van der Waals surface area contributed by atoms with Crippen LogP contribution in [0.1, 0.15) is 47.9 Å². The van der Waals surface area contributed by atoms with Gasteiger partial charge >= 0.3 is 11.9 Å². The number of esters is 1. The van der Waals surface area contributed by atoms with Crippen LogP contribution in [0.3, 0.4) is 0 Å². The standard InChI is InChI=1S/C58H69F2NO13/c1-64-45-24-39(25-46(65-2)51(45)66-3)48-40-26-43-44(73-34-72-43)27-41(40)50(42-32-71-56(62)49(42)48)61-57(63)58(59,60)55-54(70-31-38-22-14-7-15-23-38)53(69-30-37-20-12-6-13-21-37)52(68-29-36-18-10-5-11-19-36)47(74-55)33-67-28-35-16-8-4-9-17-35/h4-23,39-55H,24-34H2,1-3H3,(H,61,63)/t39?,40?,41?,42?,43?,44?,45?,46?,47-,48-,49+,50-,51?,52-,53+,54-,55+/m1/s1. The third-order valence-electron chi connectivity index (χ3n) is 16.6. The maximum atomic E-state index is 18.2. The second-order valence-corrected chi connectivity index (χ2v) is 20.7. The fourth-order valence-corrected chi connectivity index (χ4v) is 13.1. The van der Waals surface area contributed by atoms with Crippen LogP contribution in [0.4, 0.5) is 8.78 Å². The summed E-state index contributed by atoms with van der Waals surface area (Å²) in [6.07, 6.45) is -6.57. The Morgan fingerprint density at radius 1 is 0.608 bits per heavy atom. The van der Waals surface area contributed by atoms with Gasteiger partial charge in [-0.3, -0.25) is 9.59 Å². The van der Waals surface area contributed by atoms with Gasteiger partial charge in [0.15, 0.2) is 6.10 Å². The molecule has 10 rings (SSSR count). The van der Waals surface area contributed by atoms with Crippen LogP contribution in [0.25, 0.3) is 0 Å². The topological polar surface area (TPSA) is 148 Å². The molecule has 6 aliphatic rings. The van der Waals surface area contributed by atoms with Gasteiger partial charge in [0.2, 0.25) is 0 Å². The fourth-order valence-electron chi connectivity index (χ4n) is 13.1. The van der Waals surface area contributed by atoms with E-state index in [0.717, 1.165) is 16.7 Å². The first-order chi connectivity index (χ1) is 36.1. The van der Waals surface area contributed by atoms with Crippen molar-refractivity contribution < 1.29 is 70.5 Å². The number of carbonyl (C=O) groups excluding carboxylic acids is 2. The summed E-state index contributed by atoms with van der Waals surface area (Å²) in [4.78, 5) is 29.3. The third-order valence-corrected chi connectivity index (χ3v) is 16.6. The molecule has 15 atom stereocenters. The number of amides is 1. The molecule has 398 valence electrons. The first kappa shape index (κ1) is 52.7. The van der Waals surface area contributed by atoms with E-state index in [1.165, 1.54) is 0 Å². The number of hydrogen-bond donors (Lipinski definition) is 1. The molecule has 0 aromatic heterocycles. The molecule has 0 radical (unpaired) electrons. The minimum absolute atomic E-state index is 0.0186. The number of nitrogens with one attached hydrogen (secondary N) is 1. The van der Waals surface area contributed by atoms with Gasteiger partial charge in [0.05, 0.1) is 70.0 Å². The van der Waals surface area contributed by atoms with Crippen LogP contribution >= 0.6 is 0 Å². The van der Waals surface area contributed by atoms with E-state index in [-0.39, 0.29) is 101 Å². The summed E-state index contributed by atoms with van der Waals surface area (Å²) in [5.74, 6) is -8.49. The third kappa shape index (κ3) is 11.4. The maximum Gasteiger partial charge on any atom is 0.352 e. The first-order valence-corrected chi connectivity index (χ1v) is 26.1. The number of alkyl halides is 2. The van der Waals surface area contributed by atoms with Gasteiger partial charge < -0.3 is 57.4 Å². The Morgan fingerprint density at radius 3 is 1.64 bits per heavy atom. The largest absolute Gasteiger partial charge is 0.465 e. The monoisotopic (exact) mass is 1030 g/mol. The summed E-state index contributed by atoms with van der Waals surface area (Å²) < 4.78 is 105. The van der Waals surface area contributed by atoms with Crippen LogP contribution in [0.2, 0.25) is 0 Å². The molecule has 1 N–H and O–H groups in total. The minimum Gasteiger partial charge on any atom is -0.465 e. The Bertz CT molecular complexity index is 2400. The van der Waals surface area contributed by atoms with Gasteiger partial charge in [-0.25, -0.2) is 0 Å². The fraction of sp³-hybridized carbons (Fsp3) is 0.552. The number of cyclic esters (lactones) is 1. The molecule has 3 saturated heterocycles. The Morgan fingerprint density at radius 2 is 1.11 bits per heavy atom. The van der Waals surface area contributed by atoms with Crippen molar-refractivity contribution in [3.8, 4) is 0 Å². The van der Waals surface area contributed by atoms with Gasteiger partial charge in [-0.05, 0) is 71.6 Å². The first-order valence-electron chi connectivity index (χ1n) is 26.1. The summed E-state index contributed by atoms with van der Waals surface area (Å²) in [6.45, 7) is 0.0541. The predicted molar refractivity (Wildman–Crippen MR) is 264 cm³/mol. The average Bonchev–Trinajstić information content (AvgIpc) is 4.08. The van der Waals surface area contributed by atoms with E-state index >= 15 is 13.6 Å². The van der Waals surface area contributed by atoms with Gasteiger partial charge in [-0.15, -0.1) is 0 Å². The van der Waals surface area contributed by atoms with Crippen LogP contribution in [0, 0.1) is 35.5 Å². The van der Waals surface area contributed by atoms with Gasteiger partial charge in [-0.2, -0.15) is 8.78 Å². The zero-order valence-electron chi connectivity index (χ0n) is 42.2. The van der Waals surface area contributed by atoms with E-state index < -0.39 is 66.2 Å². The molecule has 7 unspecified atom stereocenters. The Hall–Kier alpha value is -4.72. The van der Waals surface area contributed by atoms with Crippen molar-refractivity contribution in [2.75, 3.05) is 41.3 Å². The van der Waals surface area contributed by atoms with E-state index in [4.69, 9.17) is 52.1 Å². The van der Waals surface area contributed by atoms with Gasteiger partial charge in [0.1, 0.15) is 37.3 Å². The summed E-state index contributed by atoms with van der Waals surface area (Å²) in [7, 11) is 4.93. The molecule has 4 aromatic carbocycles. The van der Waals surface area contributed by atoms with Crippen LogP contribution in [-0.4, -0.2) is 126 Å². The molecule has 4 aromatic rings. The zero-order chi connectivity index (χ0) is 51.2. The Kier molecular flexibility index (Phi) is 17.2. The highest BCUT2D eigenvalue weighted by Gasteiger charge is 2.65. The smallest absolute Gasteiger partial charge is 0.352 e. The summed E-state index contributed by atoms with van der Waals surface area (Å²) in [5, 5.41) is 2.89. The molecule has 16 heteroatoms. The normalized spacial score (nSPS) is 34.8. The van der Waals surface area contributed by atoms with Gasteiger partial charge in [0.25, 0.3) is 5.91 Å². The molecule has 0 bridgehead atoms. The van der Waals surface area contributed by atoms with Crippen molar-refractivity contribution in [3.05, 3.63) is 144 Å². The van der Waals surface area contributed by atoms with Crippen molar-refractivity contribution in [2.45, 2.75) is 125 Å². The van der Waals surface area contributed by atoms with Crippen molar-refractivity contribution in [3.63, 3.8) is 0 Å². The molecular weight excluding hydrogens is 957 g/mol. The van der Waals surface area contributed by atoms with Gasteiger partial charge in [-0.1, -0.05) is 121 Å². The van der Waals surface area contributed by atoms with Crippen LogP contribution in [-0.2, 0) is 88.1 Å². The summed E-state index contributed by atoms with van der Waals surface area (Å²) in [6, 6.07) is 36.7. The molecule has 14 nitrogen and oxygen atoms in total. The average molecular weight is 1030 g/mol. The zero-order valence-corrected chi connectivity index (χ0v) is 42.2. The lowest BCUT2D eigenvalue weighted by Gasteiger charge is -2.55. The number of benzene rings is 4. The Balaban J connectivity index is 0.994. The molecule has 74 heavy (non-hydrogen) atoms. The van der Waals surface area contributed by atoms with E-state index in [9.17, 15) is 4.79 Å².